The van der Waals surface area contributed by atoms with Gasteiger partial charge in [0.05, 0.1) is 17.6 Å². The molecule has 3 aromatic carbocycles. The molecule has 0 saturated heterocycles. The number of nitrogens with one attached hydrogen (secondary N) is 3. The van der Waals surface area contributed by atoms with Gasteiger partial charge in [0, 0.05) is 43.0 Å². The van der Waals surface area contributed by atoms with Gasteiger partial charge in [-0.05, 0) is 77.2 Å². The number of aromatic amines is 1. The number of carbonyl (C=O) groups excluding carboxylic acids is 2. The molecule has 0 unspecified atom stereocenters. The fraction of sp³-hybridized carbons (Fsp3) is 0.303. The molecule has 4 bridgehead atoms. The van der Waals surface area contributed by atoms with Crippen molar-refractivity contribution in [1.29, 1.82) is 0 Å². The first-order chi connectivity index (χ1) is 21.2. The highest BCUT2D eigenvalue weighted by molar-refractivity contribution is 7.92. The summed E-state index contributed by atoms with van der Waals surface area (Å²) in [5.74, 6) is -0.198. The Morgan fingerprint density at radius 2 is 1.77 bits per heavy atom. The molecular weight excluding hydrogens is 580 g/mol. The van der Waals surface area contributed by atoms with E-state index in [1.807, 2.05) is 42.5 Å². The van der Waals surface area contributed by atoms with Crippen molar-refractivity contribution in [3.05, 3.63) is 106 Å². The number of H-pyrrole nitrogens is 1. The summed E-state index contributed by atoms with van der Waals surface area (Å²) in [6, 6.07) is 19.3. The van der Waals surface area contributed by atoms with E-state index in [0.29, 0.717) is 42.4 Å². The number of carbonyl (C=O) groups is 2. The average Bonchev–Trinajstić information content (AvgIpc) is 3.86. The predicted molar refractivity (Wildman–Crippen MR) is 169 cm³/mol. The number of nitrogens with zero attached hydrogens (tertiary/aromatic N) is 1. The zero-order chi connectivity index (χ0) is 30.8. The second kappa shape index (κ2) is 12.2. The Morgan fingerprint density at radius 3 is 2.55 bits per heavy atom. The molecule has 1 atom stereocenters. The number of benzene rings is 3. The van der Waals surface area contributed by atoms with Gasteiger partial charge in [-0.15, -0.1) is 0 Å². The fourth-order valence-corrected chi connectivity index (χ4v) is 7.21. The average molecular weight is 615 g/mol. The molecule has 44 heavy (non-hydrogen) atoms. The normalized spacial score (nSPS) is 17.8. The van der Waals surface area contributed by atoms with Gasteiger partial charge in [0.1, 0.15) is 6.04 Å². The van der Waals surface area contributed by atoms with Gasteiger partial charge in [0.15, 0.2) is 9.84 Å². The van der Waals surface area contributed by atoms with Crippen LogP contribution < -0.4 is 16.2 Å². The van der Waals surface area contributed by atoms with Crippen LogP contribution in [0.3, 0.4) is 0 Å². The number of fused-ring (bicyclic) bond motifs is 10. The Kier molecular flexibility index (Phi) is 8.13. The standard InChI is InChI=1S/C33H34N4O6S/c1-37-20-25-18-26(8-6-22(25)14-17-44(41,42)28-10-11-28)36-33(40)43-16-13-21-2-4-24(5-3-21)30(32(37)39)35-27-9-7-23-12-15-34-31(38)29(23)19-27/h2-9,12,15,18-19,28,30,35H,10-11,13-14,16-17,20H2,1H3,(H,34,38)(H,36,40)/t30-/m1/s1. The van der Waals surface area contributed by atoms with Crippen molar-refractivity contribution in [2.24, 2.45) is 0 Å². The lowest BCUT2D eigenvalue weighted by Gasteiger charge is -2.27. The van der Waals surface area contributed by atoms with E-state index in [4.69, 9.17) is 4.74 Å². The van der Waals surface area contributed by atoms with E-state index in [-0.39, 0.29) is 35.6 Å². The number of likely N-dealkylation sites (N-methyl/N-ethyl adjacent to an activating group) is 1. The maximum Gasteiger partial charge on any atom is 0.411 e. The van der Waals surface area contributed by atoms with Crippen molar-refractivity contribution in [3.63, 3.8) is 0 Å². The third-order valence-corrected chi connectivity index (χ3v) is 10.5. The molecular formula is C33H34N4O6S. The van der Waals surface area contributed by atoms with Crippen LogP contribution in [-0.4, -0.2) is 55.0 Å². The molecule has 228 valence electrons. The summed E-state index contributed by atoms with van der Waals surface area (Å²) in [6.07, 6.45) is 3.21. The molecule has 4 aromatic rings. The lowest BCUT2D eigenvalue weighted by atomic mass is 10.0. The highest BCUT2D eigenvalue weighted by Gasteiger charge is 2.35. The number of hydrogen-bond acceptors (Lipinski definition) is 7. The van der Waals surface area contributed by atoms with Crippen LogP contribution in [0.25, 0.3) is 10.8 Å². The largest absolute Gasteiger partial charge is 0.449 e. The number of sulfone groups is 1. The Bertz CT molecular complexity index is 1880. The molecule has 3 heterocycles. The molecule has 10 nitrogen and oxygen atoms in total. The van der Waals surface area contributed by atoms with Gasteiger partial charge in [-0.25, -0.2) is 13.2 Å². The van der Waals surface area contributed by atoms with Crippen LogP contribution in [0.4, 0.5) is 16.2 Å². The monoisotopic (exact) mass is 614 g/mol. The van der Waals surface area contributed by atoms with Crippen LogP contribution in [0.1, 0.15) is 41.1 Å². The minimum Gasteiger partial charge on any atom is -0.449 e. The highest BCUT2D eigenvalue weighted by atomic mass is 32.2. The van der Waals surface area contributed by atoms with Crippen molar-refractivity contribution in [2.75, 3.05) is 30.0 Å². The van der Waals surface area contributed by atoms with Crippen molar-refractivity contribution < 1.29 is 22.7 Å². The van der Waals surface area contributed by atoms with Gasteiger partial charge >= 0.3 is 6.09 Å². The predicted octanol–water partition coefficient (Wildman–Crippen LogP) is 4.56. The van der Waals surface area contributed by atoms with Gasteiger partial charge in [0.25, 0.3) is 5.56 Å². The molecule has 0 radical (unpaired) electrons. The Balaban J connectivity index is 1.34. The smallest absolute Gasteiger partial charge is 0.411 e. The van der Waals surface area contributed by atoms with Crippen molar-refractivity contribution in [1.82, 2.24) is 9.88 Å². The van der Waals surface area contributed by atoms with Crippen molar-refractivity contribution >= 4 is 44.0 Å². The summed E-state index contributed by atoms with van der Waals surface area (Å²) in [5.41, 5.74) is 4.07. The molecule has 2 aliphatic heterocycles. The number of hydrogen-bond donors (Lipinski definition) is 3. The van der Waals surface area contributed by atoms with Crippen molar-refractivity contribution in [2.45, 2.75) is 43.5 Å². The Hall–Kier alpha value is -4.64. The van der Waals surface area contributed by atoms with Crippen LogP contribution in [0.2, 0.25) is 0 Å². The number of anilines is 2. The maximum absolute atomic E-state index is 14.1. The molecule has 0 spiro atoms. The minimum atomic E-state index is -3.19. The van der Waals surface area contributed by atoms with E-state index >= 15 is 0 Å². The van der Waals surface area contributed by atoms with Crippen LogP contribution >= 0.6 is 0 Å². The third-order valence-electron chi connectivity index (χ3n) is 8.19. The Labute approximate surface area is 255 Å². The molecule has 1 fully saturated rings. The van der Waals surface area contributed by atoms with Gasteiger partial charge in [-0.2, -0.15) is 0 Å². The molecule has 1 aromatic heterocycles. The van der Waals surface area contributed by atoms with Gasteiger partial charge < -0.3 is 19.9 Å². The summed E-state index contributed by atoms with van der Waals surface area (Å²) >= 11 is 0. The molecule has 1 saturated carbocycles. The minimum absolute atomic E-state index is 0.0226. The fourth-order valence-electron chi connectivity index (χ4n) is 5.51. The number of ether oxygens (including phenoxy) is 1. The molecule has 3 N–H and O–H groups in total. The van der Waals surface area contributed by atoms with E-state index in [9.17, 15) is 22.8 Å². The van der Waals surface area contributed by atoms with E-state index in [1.165, 1.54) is 0 Å². The summed E-state index contributed by atoms with van der Waals surface area (Å²) in [7, 11) is -1.49. The molecule has 3 aliphatic rings. The maximum atomic E-state index is 14.1. The molecule has 2 amide bonds. The second-order valence-corrected chi connectivity index (χ2v) is 13.8. The molecule has 11 heteroatoms. The SMILES string of the molecule is CN1Cc2cc(ccc2CCS(=O)(=O)C2CC2)NC(=O)OCCc2ccc(cc2)[C@@H](Nc2ccc3cc[nH]c(=O)c3c2)C1=O. The van der Waals surface area contributed by atoms with E-state index in [2.05, 4.69) is 15.6 Å². The first-order valence-electron chi connectivity index (χ1n) is 14.7. The van der Waals surface area contributed by atoms with Crippen LogP contribution in [0.15, 0.2) is 77.7 Å². The first-order valence-corrected chi connectivity index (χ1v) is 16.4. The quantitative estimate of drug-likeness (QED) is 0.289. The topological polar surface area (TPSA) is 138 Å². The zero-order valence-corrected chi connectivity index (χ0v) is 25.2. The first kappa shape index (κ1) is 29.4. The number of aromatic nitrogens is 1. The van der Waals surface area contributed by atoms with E-state index in [1.54, 1.807) is 42.4 Å². The van der Waals surface area contributed by atoms with Gasteiger partial charge in [-0.3, -0.25) is 14.9 Å². The highest BCUT2D eigenvalue weighted by Crippen LogP contribution is 2.30. The van der Waals surface area contributed by atoms with Crippen molar-refractivity contribution in [3.8, 4) is 0 Å². The van der Waals surface area contributed by atoms with E-state index in [0.717, 1.165) is 27.6 Å². The van der Waals surface area contributed by atoms with Crippen LogP contribution in [0.5, 0.6) is 0 Å². The number of pyridine rings is 1. The summed E-state index contributed by atoms with van der Waals surface area (Å²) in [6.45, 7) is 0.347. The number of amides is 2. The molecule has 7 rings (SSSR count). The zero-order valence-electron chi connectivity index (χ0n) is 24.3. The summed E-state index contributed by atoms with van der Waals surface area (Å²) in [4.78, 5) is 43.4. The van der Waals surface area contributed by atoms with Crippen LogP contribution in [-0.2, 0) is 38.8 Å². The van der Waals surface area contributed by atoms with E-state index < -0.39 is 22.0 Å². The van der Waals surface area contributed by atoms with Gasteiger partial charge in [0.2, 0.25) is 5.91 Å². The second-order valence-electron chi connectivity index (χ2n) is 11.4. The lowest BCUT2D eigenvalue weighted by molar-refractivity contribution is -0.131. The third kappa shape index (κ3) is 6.62. The van der Waals surface area contributed by atoms with Crippen LogP contribution in [0, 0.1) is 0 Å². The molecule has 1 aliphatic carbocycles. The summed E-state index contributed by atoms with van der Waals surface area (Å²) in [5, 5.41) is 7.13. The number of rotatable bonds is 6. The number of aryl methyl sites for hydroxylation is 1. The Morgan fingerprint density at radius 1 is 0.977 bits per heavy atom. The summed E-state index contributed by atoms with van der Waals surface area (Å²) < 4.78 is 30.7. The van der Waals surface area contributed by atoms with Gasteiger partial charge in [-0.1, -0.05) is 36.4 Å². The lowest BCUT2D eigenvalue weighted by Crippen LogP contribution is -2.35.